The maximum Gasteiger partial charge on any atom is 0.125 e. The SMILES string of the molecule is CC(NCCCO)c1ccc(F)cc1N(C)C. The lowest BCUT2D eigenvalue weighted by atomic mass is 10.1. The third kappa shape index (κ3) is 3.98. The molecule has 0 saturated heterocycles. The van der Waals surface area contributed by atoms with Crippen molar-refractivity contribution < 1.29 is 9.50 Å². The van der Waals surface area contributed by atoms with Gasteiger partial charge in [-0.3, -0.25) is 0 Å². The van der Waals surface area contributed by atoms with Crippen LogP contribution in [-0.4, -0.2) is 32.4 Å². The van der Waals surface area contributed by atoms with E-state index in [0.717, 1.165) is 24.2 Å². The van der Waals surface area contributed by atoms with E-state index in [4.69, 9.17) is 5.11 Å². The Morgan fingerprint density at radius 1 is 1.41 bits per heavy atom. The Kier molecular flexibility index (Phi) is 5.38. The van der Waals surface area contributed by atoms with E-state index in [-0.39, 0.29) is 18.5 Å². The summed E-state index contributed by atoms with van der Waals surface area (Å²) < 4.78 is 13.2. The van der Waals surface area contributed by atoms with Crippen molar-refractivity contribution in [2.75, 3.05) is 32.1 Å². The zero-order valence-electron chi connectivity index (χ0n) is 10.7. The van der Waals surface area contributed by atoms with E-state index >= 15 is 0 Å². The largest absolute Gasteiger partial charge is 0.396 e. The quantitative estimate of drug-likeness (QED) is 0.746. The number of hydrogen-bond acceptors (Lipinski definition) is 3. The molecule has 0 amide bonds. The number of nitrogens with one attached hydrogen (secondary N) is 1. The third-order valence-corrected chi connectivity index (χ3v) is 2.73. The highest BCUT2D eigenvalue weighted by Gasteiger charge is 2.12. The summed E-state index contributed by atoms with van der Waals surface area (Å²) in [6.07, 6.45) is 0.725. The summed E-state index contributed by atoms with van der Waals surface area (Å²) in [5, 5.41) is 12.0. The molecule has 0 saturated carbocycles. The Morgan fingerprint density at radius 3 is 2.71 bits per heavy atom. The molecule has 1 rings (SSSR count). The molecule has 4 heteroatoms. The van der Waals surface area contributed by atoms with Crippen LogP contribution in [0.5, 0.6) is 0 Å². The van der Waals surface area contributed by atoms with Crippen molar-refractivity contribution >= 4 is 5.69 Å². The molecule has 17 heavy (non-hydrogen) atoms. The van der Waals surface area contributed by atoms with E-state index in [0.29, 0.717) is 0 Å². The molecular weight excluding hydrogens is 219 g/mol. The van der Waals surface area contributed by atoms with Crippen LogP contribution in [0.1, 0.15) is 24.9 Å². The maximum atomic E-state index is 13.2. The third-order valence-electron chi connectivity index (χ3n) is 2.73. The van der Waals surface area contributed by atoms with Crippen LogP contribution in [0.2, 0.25) is 0 Å². The van der Waals surface area contributed by atoms with Crippen LogP contribution in [0.15, 0.2) is 18.2 Å². The Hall–Kier alpha value is -1.13. The van der Waals surface area contributed by atoms with Gasteiger partial charge in [-0.25, -0.2) is 4.39 Å². The molecule has 2 N–H and O–H groups in total. The molecule has 1 unspecified atom stereocenters. The van der Waals surface area contributed by atoms with Gasteiger partial charge in [-0.2, -0.15) is 0 Å². The molecule has 0 fully saturated rings. The number of aliphatic hydroxyl groups excluding tert-OH is 1. The molecule has 1 aromatic carbocycles. The first kappa shape index (κ1) is 13.9. The highest BCUT2D eigenvalue weighted by Crippen LogP contribution is 2.25. The monoisotopic (exact) mass is 240 g/mol. The van der Waals surface area contributed by atoms with Crippen molar-refractivity contribution in [3.63, 3.8) is 0 Å². The molecule has 1 aromatic rings. The summed E-state index contributed by atoms with van der Waals surface area (Å²) in [6.45, 7) is 2.98. The van der Waals surface area contributed by atoms with Crippen LogP contribution in [0.25, 0.3) is 0 Å². The molecule has 3 nitrogen and oxygen atoms in total. The van der Waals surface area contributed by atoms with Crippen LogP contribution in [0, 0.1) is 5.82 Å². The molecule has 0 radical (unpaired) electrons. The minimum atomic E-state index is -0.222. The smallest absolute Gasteiger partial charge is 0.125 e. The average molecular weight is 240 g/mol. The second-order valence-electron chi connectivity index (χ2n) is 4.35. The van der Waals surface area contributed by atoms with Crippen LogP contribution in [0.4, 0.5) is 10.1 Å². The summed E-state index contributed by atoms with van der Waals surface area (Å²) in [5.41, 5.74) is 1.95. The van der Waals surface area contributed by atoms with E-state index in [2.05, 4.69) is 5.32 Å². The number of nitrogens with zero attached hydrogens (tertiary/aromatic N) is 1. The molecule has 0 aromatic heterocycles. The van der Waals surface area contributed by atoms with E-state index in [1.165, 1.54) is 6.07 Å². The minimum Gasteiger partial charge on any atom is -0.396 e. The second-order valence-corrected chi connectivity index (χ2v) is 4.35. The second kappa shape index (κ2) is 6.57. The zero-order chi connectivity index (χ0) is 12.8. The van der Waals surface area contributed by atoms with Gasteiger partial charge in [0.2, 0.25) is 0 Å². The van der Waals surface area contributed by atoms with Gasteiger partial charge >= 0.3 is 0 Å². The first-order valence-corrected chi connectivity index (χ1v) is 5.87. The molecule has 96 valence electrons. The van der Waals surface area contributed by atoms with Crippen LogP contribution in [-0.2, 0) is 0 Å². The van der Waals surface area contributed by atoms with Crippen molar-refractivity contribution in [1.82, 2.24) is 5.32 Å². The van der Waals surface area contributed by atoms with Crippen LogP contribution >= 0.6 is 0 Å². The van der Waals surface area contributed by atoms with Crippen molar-refractivity contribution in [3.8, 4) is 0 Å². The zero-order valence-corrected chi connectivity index (χ0v) is 10.7. The van der Waals surface area contributed by atoms with Gasteiger partial charge in [0, 0.05) is 32.4 Å². The van der Waals surface area contributed by atoms with Crippen molar-refractivity contribution in [1.29, 1.82) is 0 Å². The van der Waals surface area contributed by atoms with Crippen molar-refractivity contribution in [2.24, 2.45) is 0 Å². The van der Waals surface area contributed by atoms with Gasteiger partial charge in [0.1, 0.15) is 5.82 Å². The van der Waals surface area contributed by atoms with E-state index in [1.54, 1.807) is 12.1 Å². The number of rotatable bonds is 6. The molecule has 1 atom stereocenters. The number of halogens is 1. The first-order valence-electron chi connectivity index (χ1n) is 5.87. The summed E-state index contributed by atoms with van der Waals surface area (Å²) in [5.74, 6) is -0.222. The molecule has 0 aliphatic heterocycles. The number of aliphatic hydroxyl groups is 1. The van der Waals surface area contributed by atoms with Gasteiger partial charge in [0.15, 0.2) is 0 Å². The van der Waals surface area contributed by atoms with Crippen LogP contribution in [0.3, 0.4) is 0 Å². The summed E-state index contributed by atoms with van der Waals surface area (Å²) in [6, 6.07) is 4.97. The molecule has 0 spiro atoms. The highest BCUT2D eigenvalue weighted by molar-refractivity contribution is 5.54. The van der Waals surface area contributed by atoms with Gasteiger partial charge in [-0.15, -0.1) is 0 Å². The maximum absolute atomic E-state index is 13.2. The van der Waals surface area contributed by atoms with Gasteiger partial charge in [-0.1, -0.05) is 6.07 Å². The average Bonchev–Trinajstić information content (AvgIpc) is 2.29. The van der Waals surface area contributed by atoms with E-state index in [1.807, 2.05) is 25.9 Å². The highest BCUT2D eigenvalue weighted by atomic mass is 19.1. The first-order chi connectivity index (χ1) is 8.06. The lowest BCUT2D eigenvalue weighted by Crippen LogP contribution is -2.23. The molecule has 0 aliphatic carbocycles. The van der Waals surface area contributed by atoms with Crippen molar-refractivity contribution in [3.05, 3.63) is 29.6 Å². The molecule has 0 heterocycles. The predicted octanol–water partition coefficient (Wildman–Crippen LogP) is 1.92. The van der Waals surface area contributed by atoms with Crippen LogP contribution < -0.4 is 10.2 Å². The Bertz CT molecular complexity index is 355. The number of anilines is 1. The topological polar surface area (TPSA) is 35.5 Å². The number of benzene rings is 1. The normalized spacial score (nSPS) is 12.5. The Morgan fingerprint density at radius 2 is 2.12 bits per heavy atom. The van der Waals surface area contributed by atoms with Gasteiger partial charge in [0.25, 0.3) is 0 Å². The molecule has 0 bridgehead atoms. The Labute approximate surface area is 102 Å². The van der Waals surface area contributed by atoms with E-state index in [9.17, 15) is 4.39 Å². The predicted molar refractivity (Wildman–Crippen MR) is 68.8 cm³/mol. The van der Waals surface area contributed by atoms with Gasteiger partial charge in [0.05, 0.1) is 0 Å². The van der Waals surface area contributed by atoms with Gasteiger partial charge in [-0.05, 0) is 37.6 Å². The number of hydrogen-bond donors (Lipinski definition) is 2. The fourth-order valence-electron chi connectivity index (χ4n) is 1.78. The fourth-order valence-corrected chi connectivity index (χ4v) is 1.78. The lowest BCUT2D eigenvalue weighted by Gasteiger charge is -2.22. The van der Waals surface area contributed by atoms with E-state index < -0.39 is 0 Å². The summed E-state index contributed by atoms with van der Waals surface area (Å²) in [7, 11) is 3.80. The standard InChI is InChI=1S/C13H21FN2O/c1-10(15-7-4-8-17)12-6-5-11(14)9-13(12)16(2)3/h5-6,9-10,15,17H,4,7-8H2,1-3H3. The van der Waals surface area contributed by atoms with Crippen molar-refractivity contribution in [2.45, 2.75) is 19.4 Å². The molecular formula is C13H21FN2O. The van der Waals surface area contributed by atoms with Gasteiger partial charge < -0.3 is 15.3 Å². The molecule has 0 aliphatic rings. The summed E-state index contributed by atoms with van der Waals surface area (Å²) in [4.78, 5) is 1.91. The lowest BCUT2D eigenvalue weighted by molar-refractivity contribution is 0.284. The minimum absolute atomic E-state index is 0.138. The summed E-state index contributed by atoms with van der Waals surface area (Å²) >= 11 is 0. The Balaban J connectivity index is 2.81. The fraction of sp³-hybridized carbons (Fsp3) is 0.538.